The fraction of sp³-hybridized carbons (Fsp3) is 0.545. The van der Waals surface area contributed by atoms with E-state index in [4.69, 9.17) is 9.26 Å². The highest BCUT2D eigenvalue weighted by molar-refractivity contribution is 5.94. The third-order valence-electron chi connectivity index (χ3n) is 5.77. The highest BCUT2D eigenvalue weighted by Gasteiger charge is 2.25. The lowest BCUT2D eigenvalue weighted by Gasteiger charge is -2.36. The summed E-state index contributed by atoms with van der Waals surface area (Å²) >= 11 is 0. The first-order chi connectivity index (χ1) is 15.1. The van der Waals surface area contributed by atoms with Crippen LogP contribution in [0.5, 0.6) is 5.75 Å². The van der Waals surface area contributed by atoms with Gasteiger partial charge in [-0.2, -0.15) is 4.98 Å². The van der Waals surface area contributed by atoms with Crippen molar-refractivity contribution in [2.75, 3.05) is 45.8 Å². The number of amides is 2. The van der Waals surface area contributed by atoms with Gasteiger partial charge in [0.2, 0.25) is 17.6 Å². The number of ether oxygens (including phenoxy) is 1. The first kappa shape index (κ1) is 21.3. The first-order valence-electron chi connectivity index (χ1n) is 10.9. The molecular formula is C22H29N5O4. The van der Waals surface area contributed by atoms with E-state index in [1.807, 2.05) is 9.80 Å². The van der Waals surface area contributed by atoms with Gasteiger partial charge >= 0.3 is 0 Å². The van der Waals surface area contributed by atoms with Crippen LogP contribution in [0, 0.1) is 6.92 Å². The Balaban J connectivity index is 1.23. The quantitative estimate of drug-likeness (QED) is 0.693. The SMILES string of the molecule is Cc1nc(COc2ccc(C(=O)N3CCN(CC(=O)N4CCCCC4)CC3)cc2)no1. The summed E-state index contributed by atoms with van der Waals surface area (Å²) in [5, 5.41) is 3.79. The molecule has 0 aliphatic carbocycles. The smallest absolute Gasteiger partial charge is 0.253 e. The minimum Gasteiger partial charge on any atom is -0.485 e. The molecule has 3 heterocycles. The topological polar surface area (TPSA) is 92.0 Å². The summed E-state index contributed by atoms with van der Waals surface area (Å²) in [5.74, 6) is 1.83. The van der Waals surface area contributed by atoms with Crippen molar-refractivity contribution in [1.29, 1.82) is 0 Å². The maximum Gasteiger partial charge on any atom is 0.253 e. The van der Waals surface area contributed by atoms with E-state index >= 15 is 0 Å². The summed E-state index contributed by atoms with van der Waals surface area (Å²) in [4.78, 5) is 35.4. The van der Waals surface area contributed by atoms with Gasteiger partial charge in [-0.15, -0.1) is 0 Å². The number of aromatic nitrogens is 2. The molecule has 0 atom stereocenters. The number of nitrogens with zero attached hydrogens (tertiary/aromatic N) is 5. The second kappa shape index (κ2) is 9.91. The van der Waals surface area contributed by atoms with Crippen molar-refractivity contribution in [1.82, 2.24) is 24.8 Å². The Bertz CT molecular complexity index is 884. The van der Waals surface area contributed by atoms with Crippen LogP contribution in [0.2, 0.25) is 0 Å². The van der Waals surface area contributed by atoms with Gasteiger partial charge in [-0.05, 0) is 43.5 Å². The number of piperidine rings is 1. The molecule has 1 aromatic carbocycles. The lowest BCUT2D eigenvalue weighted by molar-refractivity contribution is -0.133. The number of rotatable bonds is 6. The molecule has 0 spiro atoms. The highest BCUT2D eigenvalue weighted by atomic mass is 16.5. The fourth-order valence-electron chi connectivity index (χ4n) is 3.97. The monoisotopic (exact) mass is 427 g/mol. The molecule has 0 N–H and O–H groups in total. The Kier molecular flexibility index (Phi) is 6.81. The maximum absolute atomic E-state index is 12.8. The summed E-state index contributed by atoms with van der Waals surface area (Å²) in [6, 6.07) is 7.08. The molecule has 31 heavy (non-hydrogen) atoms. The highest BCUT2D eigenvalue weighted by Crippen LogP contribution is 2.16. The Labute approximate surface area is 181 Å². The van der Waals surface area contributed by atoms with E-state index in [1.165, 1.54) is 6.42 Å². The van der Waals surface area contributed by atoms with Gasteiger partial charge in [-0.1, -0.05) is 5.16 Å². The van der Waals surface area contributed by atoms with Gasteiger partial charge < -0.3 is 19.1 Å². The average Bonchev–Trinajstić information content (AvgIpc) is 3.24. The molecule has 9 nitrogen and oxygen atoms in total. The van der Waals surface area contributed by atoms with Gasteiger partial charge in [0.15, 0.2) is 6.61 Å². The maximum atomic E-state index is 12.8. The molecular weight excluding hydrogens is 398 g/mol. The van der Waals surface area contributed by atoms with Gasteiger partial charge in [0.25, 0.3) is 5.91 Å². The lowest BCUT2D eigenvalue weighted by atomic mass is 10.1. The molecule has 166 valence electrons. The molecule has 2 fully saturated rings. The minimum absolute atomic E-state index is 0.00218. The van der Waals surface area contributed by atoms with E-state index < -0.39 is 0 Å². The molecule has 1 aromatic heterocycles. The molecule has 2 saturated heterocycles. The van der Waals surface area contributed by atoms with Gasteiger partial charge in [-0.25, -0.2) is 0 Å². The van der Waals surface area contributed by atoms with Crippen molar-refractivity contribution in [3.8, 4) is 5.75 Å². The molecule has 2 aromatic rings. The molecule has 9 heteroatoms. The van der Waals surface area contributed by atoms with Crippen LogP contribution >= 0.6 is 0 Å². The molecule has 0 unspecified atom stereocenters. The summed E-state index contributed by atoms with van der Waals surface area (Å²) < 4.78 is 10.5. The number of hydrogen-bond donors (Lipinski definition) is 0. The standard InChI is InChI=1S/C22H29N5O4/c1-17-23-20(24-31-17)16-30-19-7-5-18(6-8-19)22(29)27-13-11-25(12-14-27)15-21(28)26-9-3-2-4-10-26/h5-8H,2-4,9-16H2,1H3. The van der Waals surface area contributed by atoms with Crippen LogP contribution in [0.4, 0.5) is 0 Å². The van der Waals surface area contributed by atoms with E-state index in [-0.39, 0.29) is 18.4 Å². The molecule has 2 aliphatic heterocycles. The Morgan fingerprint density at radius 2 is 1.68 bits per heavy atom. The number of benzene rings is 1. The normalized spacial score (nSPS) is 17.6. The van der Waals surface area contributed by atoms with E-state index in [9.17, 15) is 9.59 Å². The van der Waals surface area contributed by atoms with Crippen LogP contribution in [-0.2, 0) is 11.4 Å². The number of carbonyl (C=O) groups is 2. The van der Waals surface area contributed by atoms with Crippen molar-refractivity contribution in [3.63, 3.8) is 0 Å². The summed E-state index contributed by atoms with van der Waals surface area (Å²) in [5.41, 5.74) is 0.626. The molecule has 4 rings (SSSR count). The zero-order chi connectivity index (χ0) is 21.6. The molecule has 0 bridgehead atoms. The molecule has 0 radical (unpaired) electrons. The van der Waals surface area contributed by atoms with E-state index in [1.54, 1.807) is 31.2 Å². The van der Waals surface area contributed by atoms with E-state index in [2.05, 4.69) is 15.0 Å². The average molecular weight is 428 g/mol. The predicted molar refractivity (Wildman–Crippen MR) is 113 cm³/mol. The largest absolute Gasteiger partial charge is 0.485 e. The van der Waals surface area contributed by atoms with Crippen molar-refractivity contribution >= 4 is 11.8 Å². The second-order valence-corrected chi connectivity index (χ2v) is 8.05. The molecule has 2 amide bonds. The summed E-state index contributed by atoms with van der Waals surface area (Å²) in [7, 11) is 0. The van der Waals surface area contributed by atoms with E-state index in [0.717, 1.165) is 39.0 Å². The third-order valence-corrected chi connectivity index (χ3v) is 5.77. The first-order valence-corrected chi connectivity index (χ1v) is 10.9. The number of piperazine rings is 1. The molecule has 2 aliphatic rings. The van der Waals surface area contributed by atoms with E-state index in [0.29, 0.717) is 42.7 Å². The number of likely N-dealkylation sites (tertiary alicyclic amines) is 1. The van der Waals surface area contributed by atoms with Crippen LogP contribution in [0.3, 0.4) is 0 Å². The van der Waals surface area contributed by atoms with Crippen molar-refractivity contribution < 1.29 is 18.8 Å². The van der Waals surface area contributed by atoms with Crippen LogP contribution in [0.1, 0.15) is 41.3 Å². The number of carbonyl (C=O) groups excluding carboxylic acids is 2. The van der Waals surface area contributed by atoms with Crippen molar-refractivity contribution in [2.24, 2.45) is 0 Å². The Morgan fingerprint density at radius 1 is 0.968 bits per heavy atom. The van der Waals surface area contributed by atoms with Gasteiger partial charge in [0.1, 0.15) is 5.75 Å². The summed E-state index contributed by atoms with van der Waals surface area (Å²) in [6.45, 7) is 6.84. The number of hydrogen-bond acceptors (Lipinski definition) is 7. The van der Waals surface area contributed by atoms with Gasteiger partial charge in [0, 0.05) is 51.8 Å². The van der Waals surface area contributed by atoms with Crippen LogP contribution in [0.25, 0.3) is 0 Å². The minimum atomic E-state index is 0.00218. The predicted octanol–water partition coefficient (Wildman–Crippen LogP) is 1.73. The summed E-state index contributed by atoms with van der Waals surface area (Å²) in [6.07, 6.45) is 3.43. The van der Waals surface area contributed by atoms with Gasteiger partial charge in [-0.3, -0.25) is 14.5 Å². The zero-order valence-electron chi connectivity index (χ0n) is 18.0. The second-order valence-electron chi connectivity index (χ2n) is 8.05. The van der Waals surface area contributed by atoms with Crippen molar-refractivity contribution in [2.45, 2.75) is 32.8 Å². The van der Waals surface area contributed by atoms with Gasteiger partial charge in [0.05, 0.1) is 6.54 Å². The third kappa shape index (κ3) is 5.61. The molecule has 0 saturated carbocycles. The Hall–Kier alpha value is -2.94. The van der Waals surface area contributed by atoms with Crippen LogP contribution in [0.15, 0.2) is 28.8 Å². The van der Waals surface area contributed by atoms with Crippen LogP contribution in [-0.4, -0.2) is 82.5 Å². The van der Waals surface area contributed by atoms with Crippen molar-refractivity contribution in [3.05, 3.63) is 41.5 Å². The lowest BCUT2D eigenvalue weighted by Crippen LogP contribution is -2.52. The fourth-order valence-corrected chi connectivity index (χ4v) is 3.97. The van der Waals surface area contributed by atoms with Crippen LogP contribution < -0.4 is 4.74 Å². The number of aryl methyl sites for hydroxylation is 1. The zero-order valence-corrected chi connectivity index (χ0v) is 18.0. The Morgan fingerprint density at radius 3 is 2.32 bits per heavy atom.